The van der Waals surface area contributed by atoms with Crippen LogP contribution in [0.4, 0.5) is 4.79 Å². The molecule has 1 heterocycles. The van der Waals surface area contributed by atoms with Gasteiger partial charge in [0.15, 0.2) is 0 Å². The van der Waals surface area contributed by atoms with Crippen LogP contribution < -0.4 is 5.32 Å². The third kappa shape index (κ3) is 5.10. The van der Waals surface area contributed by atoms with E-state index < -0.39 is 5.60 Å². The van der Waals surface area contributed by atoms with Gasteiger partial charge in [0.1, 0.15) is 5.60 Å². The molecule has 0 aromatic carbocycles. The minimum Gasteiger partial charge on any atom is -0.444 e. The molecular formula is C19H36N2O2. The number of hydrogen-bond donors (Lipinski definition) is 1. The summed E-state index contributed by atoms with van der Waals surface area (Å²) in [7, 11) is 0. The van der Waals surface area contributed by atoms with Crippen molar-refractivity contribution in [3.63, 3.8) is 0 Å². The first-order chi connectivity index (χ1) is 10.8. The standard InChI is InChI=1S/C19H36N2O2/c1-6-14(2)13-20-16-10-7-9-15(16)17-11-8-12-21(17)18(22)23-19(3,4)5/h14-17,20H,6-13H2,1-5H3. The Hall–Kier alpha value is -0.770. The predicted octanol–water partition coefficient (Wildman–Crippen LogP) is 4.19. The highest BCUT2D eigenvalue weighted by Crippen LogP contribution is 2.36. The number of carbonyl (C=O) groups is 1. The van der Waals surface area contributed by atoms with E-state index in [1.807, 2.05) is 25.7 Å². The molecule has 4 heteroatoms. The lowest BCUT2D eigenvalue weighted by Crippen LogP contribution is -2.48. The summed E-state index contributed by atoms with van der Waals surface area (Å²) < 4.78 is 5.63. The monoisotopic (exact) mass is 324 g/mol. The molecule has 1 aliphatic heterocycles. The van der Waals surface area contributed by atoms with Crippen LogP contribution in [0.25, 0.3) is 0 Å². The van der Waals surface area contributed by atoms with Gasteiger partial charge in [-0.1, -0.05) is 26.7 Å². The Labute approximate surface area is 142 Å². The van der Waals surface area contributed by atoms with Gasteiger partial charge in [0, 0.05) is 18.6 Å². The normalized spacial score (nSPS) is 29.8. The van der Waals surface area contributed by atoms with E-state index in [4.69, 9.17) is 4.74 Å². The lowest BCUT2D eigenvalue weighted by Gasteiger charge is -2.34. The fourth-order valence-corrected chi connectivity index (χ4v) is 3.98. The molecule has 4 nitrogen and oxygen atoms in total. The smallest absolute Gasteiger partial charge is 0.410 e. The van der Waals surface area contributed by atoms with Gasteiger partial charge in [0.25, 0.3) is 0 Å². The Morgan fingerprint density at radius 1 is 1.26 bits per heavy atom. The van der Waals surface area contributed by atoms with Gasteiger partial charge in [-0.25, -0.2) is 4.79 Å². The van der Waals surface area contributed by atoms with Crippen molar-refractivity contribution in [2.24, 2.45) is 11.8 Å². The van der Waals surface area contributed by atoms with Gasteiger partial charge < -0.3 is 15.0 Å². The quantitative estimate of drug-likeness (QED) is 0.824. The average Bonchev–Trinajstić information content (AvgIpc) is 3.10. The minimum atomic E-state index is -0.409. The molecule has 4 atom stereocenters. The summed E-state index contributed by atoms with van der Waals surface area (Å²) in [4.78, 5) is 14.5. The van der Waals surface area contributed by atoms with Crippen molar-refractivity contribution >= 4 is 6.09 Å². The molecule has 23 heavy (non-hydrogen) atoms. The lowest BCUT2D eigenvalue weighted by atomic mass is 9.92. The van der Waals surface area contributed by atoms with Gasteiger partial charge in [-0.2, -0.15) is 0 Å². The molecule has 2 fully saturated rings. The molecule has 1 N–H and O–H groups in total. The fourth-order valence-electron chi connectivity index (χ4n) is 3.98. The maximum Gasteiger partial charge on any atom is 0.410 e. The first kappa shape index (κ1) is 18.6. The van der Waals surface area contributed by atoms with Gasteiger partial charge >= 0.3 is 6.09 Å². The average molecular weight is 325 g/mol. The first-order valence-electron chi connectivity index (χ1n) is 9.54. The Morgan fingerprint density at radius 3 is 2.65 bits per heavy atom. The van der Waals surface area contributed by atoms with Crippen LogP contribution >= 0.6 is 0 Å². The molecule has 4 unspecified atom stereocenters. The molecule has 0 bridgehead atoms. The summed E-state index contributed by atoms with van der Waals surface area (Å²) >= 11 is 0. The second-order valence-electron chi connectivity index (χ2n) is 8.51. The van der Waals surface area contributed by atoms with E-state index >= 15 is 0 Å². The van der Waals surface area contributed by atoms with Crippen molar-refractivity contribution in [1.29, 1.82) is 0 Å². The molecule has 2 rings (SSSR count). The zero-order valence-electron chi connectivity index (χ0n) is 15.7. The van der Waals surface area contributed by atoms with E-state index in [-0.39, 0.29) is 6.09 Å². The summed E-state index contributed by atoms with van der Waals surface area (Å²) in [6.07, 6.45) is 7.11. The van der Waals surface area contributed by atoms with E-state index in [2.05, 4.69) is 19.2 Å². The van der Waals surface area contributed by atoms with Crippen molar-refractivity contribution in [2.75, 3.05) is 13.1 Å². The number of amides is 1. The zero-order valence-corrected chi connectivity index (χ0v) is 15.7. The zero-order chi connectivity index (χ0) is 17.0. The molecule has 134 valence electrons. The van der Waals surface area contributed by atoms with Gasteiger partial charge in [0.2, 0.25) is 0 Å². The van der Waals surface area contributed by atoms with Crippen molar-refractivity contribution in [1.82, 2.24) is 10.2 Å². The molecule has 2 aliphatic rings. The Kier molecular flexibility index (Phi) is 6.35. The second kappa shape index (κ2) is 7.87. The third-order valence-electron chi connectivity index (χ3n) is 5.42. The number of rotatable bonds is 5. The van der Waals surface area contributed by atoms with Crippen LogP contribution in [0, 0.1) is 11.8 Å². The van der Waals surface area contributed by atoms with Crippen molar-refractivity contribution < 1.29 is 9.53 Å². The first-order valence-corrected chi connectivity index (χ1v) is 9.54. The molecule has 0 radical (unpaired) electrons. The van der Waals surface area contributed by atoms with E-state index in [0.29, 0.717) is 18.0 Å². The Balaban J connectivity index is 1.96. The number of hydrogen-bond acceptors (Lipinski definition) is 3. The summed E-state index contributed by atoms with van der Waals surface area (Å²) in [6, 6.07) is 0.929. The van der Waals surface area contributed by atoms with Crippen LogP contribution in [0.15, 0.2) is 0 Å². The highest BCUT2D eigenvalue weighted by atomic mass is 16.6. The maximum atomic E-state index is 12.5. The molecule has 0 spiro atoms. The number of nitrogens with one attached hydrogen (secondary N) is 1. The van der Waals surface area contributed by atoms with Crippen molar-refractivity contribution in [2.45, 2.75) is 90.8 Å². The van der Waals surface area contributed by atoms with Gasteiger partial charge in [-0.15, -0.1) is 0 Å². The fraction of sp³-hybridized carbons (Fsp3) is 0.947. The van der Waals surface area contributed by atoms with E-state index in [1.54, 1.807) is 0 Å². The maximum absolute atomic E-state index is 12.5. The topological polar surface area (TPSA) is 41.6 Å². The molecule has 1 amide bonds. The predicted molar refractivity (Wildman–Crippen MR) is 94.5 cm³/mol. The van der Waals surface area contributed by atoms with Crippen LogP contribution in [-0.4, -0.2) is 41.8 Å². The Morgan fingerprint density at radius 2 is 2.00 bits per heavy atom. The Bertz CT molecular complexity index is 391. The van der Waals surface area contributed by atoms with Crippen molar-refractivity contribution in [3.8, 4) is 0 Å². The van der Waals surface area contributed by atoms with Gasteiger partial charge in [-0.05, 0) is 64.8 Å². The second-order valence-corrected chi connectivity index (χ2v) is 8.51. The largest absolute Gasteiger partial charge is 0.444 e. The van der Waals surface area contributed by atoms with E-state index in [0.717, 1.165) is 31.8 Å². The van der Waals surface area contributed by atoms with Crippen LogP contribution in [0.5, 0.6) is 0 Å². The van der Waals surface area contributed by atoms with Crippen LogP contribution in [0.3, 0.4) is 0 Å². The third-order valence-corrected chi connectivity index (χ3v) is 5.42. The van der Waals surface area contributed by atoms with Gasteiger partial charge in [-0.3, -0.25) is 0 Å². The molecule has 1 saturated carbocycles. The summed E-state index contributed by atoms with van der Waals surface area (Å²) in [5.74, 6) is 1.32. The van der Waals surface area contributed by atoms with Crippen LogP contribution in [0.2, 0.25) is 0 Å². The highest BCUT2D eigenvalue weighted by Gasteiger charge is 2.41. The van der Waals surface area contributed by atoms with E-state index in [9.17, 15) is 4.79 Å². The molecular weight excluding hydrogens is 288 g/mol. The van der Waals surface area contributed by atoms with Crippen LogP contribution in [0.1, 0.15) is 73.1 Å². The summed E-state index contributed by atoms with van der Waals surface area (Å²) in [5, 5.41) is 3.79. The summed E-state index contributed by atoms with van der Waals surface area (Å²) in [6.45, 7) is 12.3. The number of likely N-dealkylation sites (tertiary alicyclic amines) is 1. The summed E-state index contributed by atoms with van der Waals surface area (Å²) in [5.41, 5.74) is -0.409. The molecule has 1 aliphatic carbocycles. The highest BCUT2D eigenvalue weighted by molar-refractivity contribution is 5.69. The molecule has 0 aromatic rings. The number of carbonyl (C=O) groups excluding carboxylic acids is 1. The number of ether oxygens (including phenoxy) is 1. The van der Waals surface area contributed by atoms with Crippen LogP contribution in [-0.2, 0) is 4.74 Å². The lowest BCUT2D eigenvalue weighted by molar-refractivity contribution is 0.0166. The van der Waals surface area contributed by atoms with E-state index in [1.165, 1.54) is 25.7 Å². The van der Waals surface area contributed by atoms with Crippen molar-refractivity contribution in [3.05, 3.63) is 0 Å². The van der Waals surface area contributed by atoms with Gasteiger partial charge in [0.05, 0.1) is 0 Å². The molecule has 1 saturated heterocycles. The molecule has 0 aromatic heterocycles. The SMILES string of the molecule is CCC(C)CNC1CCCC1C1CCCN1C(=O)OC(C)(C)C. The number of nitrogens with zero attached hydrogens (tertiary/aromatic N) is 1. The minimum absolute atomic E-state index is 0.118.